The molecule has 2 aliphatic heterocycles. The number of aromatic amines is 1. The van der Waals surface area contributed by atoms with Crippen LogP contribution in [-0.2, 0) is 16.1 Å². The fourth-order valence-corrected chi connectivity index (χ4v) is 4.96. The summed E-state index contributed by atoms with van der Waals surface area (Å²) in [6.07, 6.45) is 6.69. The molecular weight excluding hydrogens is 522 g/mol. The van der Waals surface area contributed by atoms with Gasteiger partial charge in [0.15, 0.2) is 11.5 Å². The van der Waals surface area contributed by atoms with E-state index in [1.807, 2.05) is 54.7 Å². The molecule has 1 saturated heterocycles. The zero-order valence-electron chi connectivity index (χ0n) is 23.2. The molecule has 214 valence electrons. The monoisotopic (exact) mass is 557 g/mol. The van der Waals surface area contributed by atoms with Crippen molar-refractivity contribution in [1.82, 2.24) is 19.9 Å². The normalized spacial score (nSPS) is 17.1. The molecule has 2 aromatic heterocycles. The lowest BCUT2D eigenvalue weighted by molar-refractivity contribution is 0.0320. The Morgan fingerprint density at radius 1 is 0.951 bits per heavy atom. The topological polar surface area (TPSA) is 103 Å². The zero-order chi connectivity index (χ0) is 27.9. The molecule has 0 amide bonds. The van der Waals surface area contributed by atoms with Crippen molar-refractivity contribution >= 4 is 22.7 Å². The van der Waals surface area contributed by atoms with Gasteiger partial charge >= 0.3 is 0 Å². The number of nitrogens with zero attached hydrogens (tertiary/aromatic N) is 3. The summed E-state index contributed by atoms with van der Waals surface area (Å²) in [5.41, 5.74) is 4.23. The van der Waals surface area contributed by atoms with Crippen LogP contribution in [0.3, 0.4) is 0 Å². The summed E-state index contributed by atoms with van der Waals surface area (Å²) in [4.78, 5) is 15.2. The van der Waals surface area contributed by atoms with Gasteiger partial charge in [0.05, 0.1) is 45.8 Å². The number of aromatic nitrogens is 3. The first-order valence-electron chi connectivity index (χ1n) is 14.0. The summed E-state index contributed by atoms with van der Waals surface area (Å²) in [5, 5.41) is 4.31. The first kappa shape index (κ1) is 27.1. The van der Waals surface area contributed by atoms with E-state index in [1.165, 1.54) is 0 Å². The summed E-state index contributed by atoms with van der Waals surface area (Å²) in [7, 11) is 1.64. The summed E-state index contributed by atoms with van der Waals surface area (Å²) >= 11 is 0. The Labute approximate surface area is 239 Å². The minimum Gasteiger partial charge on any atom is -0.493 e. The van der Waals surface area contributed by atoms with E-state index < -0.39 is 0 Å². The number of nitrogens with one attached hydrogen (secondary N) is 2. The van der Waals surface area contributed by atoms with Crippen LogP contribution in [0.15, 0.2) is 60.8 Å². The van der Waals surface area contributed by atoms with Crippen LogP contribution in [0.5, 0.6) is 17.2 Å². The van der Waals surface area contributed by atoms with E-state index in [9.17, 15) is 0 Å². The first-order valence-corrected chi connectivity index (χ1v) is 14.0. The van der Waals surface area contributed by atoms with Gasteiger partial charge in [-0.25, -0.2) is 4.98 Å². The highest BCUT2D eigenvalue weighted by Gasteiger charge is 2.16. The molecule has 2 aliphatic rings. The molecule has 4 aromatic rings. The molecule has 6 bridgehead atoms. The van der Waals surface area contributed by atoms with Gasteiger partial charge < -0.3 is 34.0 Å². The fraction of sp³-hybridized carbons (Fsp3) is 0.355. The quantitative estimate of drug-likeness (QED) is 0.330. The average Bonchev–Trinajstić information content (AvgIpc) is 3.48. The summed E-state index contributed by atoms with van der Waals surface area (Å²) in [6.45, 7) is 6.28. The van der Waals surface area contributed by atoms with E-state index in [0.29, 0.717) is 43.9 Å². The van der Waals surface area contributed by atoms with Crippen molar-refractivity contribution in [2.45, 2.75) is 13.0 Å². The lowest BCUT2D eigenvalue weighted by atomic mass is 10.1. The Morgan fingerprint density at radius 3 is 2.76 bits per heavy atom. The van der Waals surface area contributed by atoms with Gasteiger partial charge in [-0.2, -0.15) is 4.98 Å². The number of benzene rings is 2. The Bertz CT molecular complexity index is 1500. The van der Waals surface area contributed by atoms with Crippen LogP contribution in [-0.4, -0.2) is 79.6 Å². The third kappa shape index (κ3) is 6.62. The molecule has 0 atom stereocenters. The zero-order valence-corrected chi connectivity index (χ0v) is 23.2. The Kier molecular flexibility index (Phi) is 8.60. The van der Waals surface area contributed by atoms with Crippen molar-refractivity contribution in [2.24, 2.45) is 0 Å². The number of methoxy groups -OCH3 is 1. The number of rotatable bonds is 5. The number of fused-ring (bicyclic) bond motifs is 9. The largest absolute Gasteiger partial charge is 0.493 e. The Morgan fingerprint density at radius 2 is 1.85 bits per heavy atom. The average molecular weight is 558 g/mol. The minimum absolute atomic E-state index is 0.410. The van der Waals surface area contributed by atoms with Crippen LogP contribution in [0, 0.1) is 0 Å². The van der Waals surface area contributed by atoms with Crippen molar-refractivity contribution in [2.75, 3.05) is 65.1 Å². The number of morpholine rings is 1. The van der Waals surface area contributed by atoms with E-state index in [2.05, 4.69) is 21.3 Å². The lowest BCUT2D eigenvalue weighted by Crippen LogP contribution is -2.38. The van der Waals surface area contributed by atoms with E-state index in [-0.39, 0.29) is 0 Å². The molecule has 0 unspecified atom stereocenters. The molecule has 4 heterocycles. The summed E-state index contributed by atoms with van der Waals surface area (Å²) < 4.78 is 29.3. The molecule has 0 radical (unpaired) electrons. The standard InChI is InChI=1S/C31H35N5O5/c1-37-27-7-5-22-20-28(27)40-15-4-2-3-14-39-21-23-19-24(33-31-34-29(22)25-9-10-32-30(25)35-31)6-8-26(23)41-18-13-36-11-16-38-17-12-36/h2-3,5-10,19-20H,4,11-18,21H2,1H3,(H2,32,33,34,35)/b3-2+. The second-order valence-electron chi connectivity index (χ2n) is 9.88. The molecule has 10 nitrogen and oxygen atoms in total. The third-order valence-corrected chi connectivity index (χ3v) is 7.12. The van der Waals surface area contributed by atoms with Crippen LogP contribution < -0.4 is 19.5 Å². The highest BCUT2D eigenvalue weighted by Crippen LogP contribution is 2.35. The molecule has 2 N–H and O–H groups in total. The molecule has 2 aromatic carbocycles. The summed E-state index contributed by atoms with van der Waals surface area (Å²) in [5.74, 6) is 2.63. The van der Waals surface area contributed by atoms with Crippen LogP contribution in [0.25, 0.3) is 22.3 Å². The van der Waals surface area contributed by atoms with Crippen molar-refractivity contribution in [3.63, 3.8) is 0 Å². The highest BCUT2D eigenvalue weighted by molar-refractivity contribution is 5.92. The van der Waals surface area contributed by atoms with Crippen LogP contribution in [0.1, 0.15) is 12.0 Å². The predicted octanol–water partition coefficient (Wildman–Crippen LogP) is 4.94. The second kappa shape index (κ2) is 13.0. The molecule has 6 rings (SSSR count). The van der Waals surface area contributed by atoms with Gasteiger partial charge in [-0.15, -0.1) is 0 Å². The second-order valence-corrected chi connectivity index (χ2v) is 9.88. The van der Waals surface area contributed by atoms with Crippen molar-refractivity contribution in [3.05, 3.63) is 66.4 Å². The Hall–Kier alpha value is -4.12. The smallest absolute Gasteiger partial charge is 0.229 e. The van der Waals surface area contributed by atoms with Crippen molar-refractivity contribution in [1.29, 1.82) is 0 Å². The minimum atomic E-state index is 0.410. The maximum Gasteiger partial charge on any atom is 0.229 e. The number of H-pyrrole nitrogens is 1. The van der Waals surface area contributed by atoms with Gasteiger partial charge in [-0.3, -0.25) is 4.90 Å². The van der Waals surface area contributed by atoms with Gasteiger partial charge in [0.1, 0.15) is 18.0 Å². The molecular formula is C31H35N5O5. The SMILES string of the molecule is COc1ccc2cc1OCC/C=C/COCc1cc(ccc1OCCN1CCOCC1)Nc1nc-2c2cc[nH]c2n1. The van der Waals surface area contributed by atoms with Gasteiger partial charge in [-0.1, -0.05) is 12.2 Å². The molecule has 1 fully saturated rings. The maximum absolute atomic E-state index is 6.22. The summed E-state index contributed by atoms with van der Waals surface area (Å²) in [6, 6.07) is 13.8. The van der Waals surface area contributed by atoms with Gasteiger partial charge in [-0.05, 0) is 48.9 Å². The number of hydrogen-bond acceptors (Lipinski definition) is 9. The molecule has 41 heavy (non-hydrogen) atoms. The maximum atomic E-state index is 6.22. The molecule has 10 heteroatoms. The predicted molar refractivity (Wildman–Crippen MR) is 157 cm³/mol. The molecule has 0 aliphatic carbocycles. The van der Waals surface area contributed by atoms with Crippen molar-refractivity contribution in [3.8, 4) is 28.5 Å². The highest BCUT2D eigenvalue weighted by atomic mass is 16.5. The van der Waals surface area contributed by atoms with E-state index in [4.69, 9.17) is 33.7 Å². The number of anilines is 2. The number of hydrogen-bond donors (Lipinski definition) is 2. The van der Waals surface area contributed by atoms with Crippen molar-refractivity contribution < 1.29 is 23.7 Å². The molecule has 0 spiro atoms. The van der Waals surface area contributed by atoms with Gasteiger partial charge in [0.2, 0.25) is 5.95 Å². The van der Waals surface area contributed by atoms with Gasteiger partial charge in [0.25, 0.3) is 0 Å². The van der Waals surface area contributed by atoms with E-state index in [1.54, 1.807) is 7.11 Å². The Balaban J connectivity index is 1.31. The fourth-order valence-electron chi connectivity index (χ4n) is 4.96. The first-order chi connectivity index (χ1) is 20.3. The lowest BCUT2D eigenvalue weighted by Gasteiger charge is -2.26. The van der Waals surface area contributed by atoms with E-state index in [0.717, 1.165) is 78.6 Å². The van der Waals surface area contributed by atoms with E-state index >= 15 is 0 Å². The third-order valence-electron chi connectivity index (χ3n) is 7.12. The van der Waals surface area contributed by atoms with Crippen LogP contribution in [0.4, 0.5) is 11.6 Å². The van der Waals surface area contributed by atoms with Gasteiger partial charge in [0, 0.05) is 48.0 Å². The molecule has 0 saturated carbocycles. The number of ether oxygens (including phenoxy) is 5. The van der Waals surface area contributed by atoms with Crippen LogP contribution >= 0.6 is 0 Å². The van der Waals surface area contributed by atoms with Crippen LogP contribution in [0.2, 0.25) is 0 Å².